The van der Waals surface area contributed by atoms with Gasteiger partial charge in [0.2, 0.25) is 5.95 Å². The molecule has 2 heterocycles. The maximum Gasteiger partial charge on any atom is 0.416 e. The summed E-state index contributed by atoms with van der Waals surface area (Å²) < 4.78 is 52.3. The number of nitrogens with one attached hydrogen (secondary N) is 1. The van der Waals surface area contributed by atoms with Crippen LogP contribution in [0.25, 0.3) is 0 Å². The van der Waals surface area contributed by atoms with Crippen molar-refractivity contribution in [2.24, 2.45) is 0 Å². The number of aromatic nitrogens is 3. The third-order valence-electron chi connectivity index (χ3n) is 7.01. The molecule has 13 nitrogen and oxygen atoms in total. The SMILES string of the molecule is CCOC(=O)C[N+](C)(C)Cc1cc(C#N)ccc1C1C(C(=O)OC)=C(C)N(c2cccc(C(F)(F)F)c2)c2n[nH]c(=O)n21.O=C[O-]. The molecule has 0 saturated heterocycles. The van der Waals surface area contributed by atoms with Crippen LogP contribution < -0.4 is 15.7 Å². The van der Waals surface area contributed by atoms with Crippen LogP contribution in [0.1, 0.15) is 42.1 Å². The second kappa shape index (κ2) is 14.1. The number of H-pyrrole nitrogens is 1. The lowest BCUT2D eigenvalue weighted by molar-refractivity contribution is -0.896. The maximum atomic E-state index is 13.6. The van der Waals surface area contributed by atoms with E-state index in [1.165, 1.54) is 30.0 Å². The lowest BCUT2D eigenvalue weighted by Crippen LogP contribution is -2.44. The number of fused-ring (bicyclic) bond motifs is 1. The minimum atomic E-state index is -4.64. The average molecular weight is 645 g/mol. The van der Waals surface area contributed by atoms with Crippen molar-refractivity contribution in [2.45, 2.75) is 32.6 Å². The highest BCUT2D eigenvalue weighted by Crippen LogP contribution is 2.43. The number of nitrogens with zero attached hydrogens (tertiary/aromatic N) is 5. The van der Waals surface area contributed by atoms with Crippen molar-refractivity contribution in [3.8, 4) is 6.07 Å². The van der Waals surface area contributed by atoms with Crippen LogP contribution in [0.2, 0.25) is 0 Å². The molecule has 0 amide bonds. The van der Waals surface area contributed by atoms with Gasteiger partial charge in [0.15, 0.2) is 6.54 Å². The predicted molar refractivity (Wildman–Crippen MR) is 154 cm³/mol. The zero-order chi connectivity index (χ0) is 34.4. The average Bonchev–Trinajstić information content (AvgIpc) is 3.36. The van der Waals surface area contributed by atoms with Gasteiger partial charge in [-0.15, -0.1) is 5.10 Å². The number of rotatable bonds is 8. The van der Waals surface area contributed by atoms with Crippen molar-refractivity contribution in [3.05, 3.63) is 86.5 Å². The summed E-state index contributed by atoms with van der Waals surface area (Å²) in [5.41, 5.74) is -0.227. The molecule has 1 atom stereocenters. The summed E-state index contributed by atoms with van der Waals surface area (Å²) in [6.45, 7) is 3.10. The lowest BCUT2D eigenvalue weighted by atomic mass is 9.89. The number of halogens is 3. The number of carboxylic acid groups (broad SMARTS) is 1. The number of methoxy groups -OCH3 is 1. The van der Waals surface area contributed by atoms with Gasteiger partial charge in [-0.3, -0.25) is 4.90 Å². The van der Waals surface area contributed by atoms with Gasteiger partial charge < -0.3 is 23.9 Å². The standard InChI is InChI=1S/C29H29F3N6O5.CH2O2/c1-6-43-23(39)16-38(3,4)15-19-12-18(14-33)10-11-22(19)25-24(26(40)42-5)17(2)36(27-34-35-28(41)37(25)27)21-9-7-8-20(13-21)29(30,31)32;2-1-3/h7-13,25H,6,15-16H2,1-5H3;1H,(H,2,3). The highest BCUT2D eigenvalue weighted by molar-refractivity contribution is 5.93. The van der Waals surface area contributed by atoms with Gasteiger partial charge in [-0.1, -0.05) is 12.1 Å². The first-order valence-corrected chi connectivity index (χ1v) is 13.6. The molecule has 244 valence electrons. The second-order valence-electron chi connectivity index (χ2n) is 10.7. The second-order valence-corrected chi connectivity index (χ2v) is 10.7. The number of carbonyl (C=O) groups excluding carboxylic acids is 3. The summed E-state index contributed by atoms with van der Waals surface area (Å²) in [5, 5.41) is 24.4. The molecule has 0 bridgehead atoms. The van der Waals surface area contributed by atoms with Crippen LogP contribution >= 0.6 is 0 Å². The zero-order valence-corrected chi connectivity index (χ0v) is 25.5. The fourth-order valence-electron chi connectivity index (χ4n) is 5.23. The van der Waals surface area contributed by atoms with Crippen molar-refractivity contribution in [1.29, 1.82) is 5.26 Å². The molecule has 0 saturated carbocycles. The van der Waals surface area contributed by atoms with Gasteiger partial charge in [-0.2, -0.15) is 18.4 Å². The third-order valence-corrected chi connectivity index (χ3v) is 7.01. The number of allylic oxidation sites excluding steroid dienone is 1. The number of hydrogen-bond acceptors (Lipinski definition) is 10. The molecule has 0 aliphatic carbocycles. The molecule has 16 heteroatoms. The molecule has 3 aromatic rings. The molecule has 1 N–H and O–H groups in total. The fourth-order valence-corrected chi connectivity index (χ4v) is 5.23. The number of anilines is 2. The maximum absolute atomic E-state index is 13.6. The number of hydrogen-bond donors (Lipinski definition) is 1. The summed E-state index contributed by atoms with van der Waals surface area (Å²) in [6, 6.07) is 10.1. The molecule has 0 spiro atoms. The highest BCUT2D eigenvalue weighted by atomic mass is 19.4. The fraction of sp³-hybridized carbons (Fsp3) is 0.333. The lowest BCUT2D eigenvalue weighted by Gasteiger charge is -2.37. The number of quaternary nitrogens is 1. The molecular formula is C30H31F3N6O7. The molecule has 0 radical (unpaired) electrons. The van der Waals surface area contributed by atoms with E-state index in [0.29, 0.717) is 16.7 Å². The summed E-state index contributed by atoms with van der Waals surface area (Å²) in [6.07, 6.45) is -4.64. The molecule has 46 heavy (non-hydrogen) atoms. The number of alkyl halides is 3. The highest BCUT2D eigenvalue weighted by Gasteiger charge is 2.41. The van der Waals surface area contributed by atoms with Crippen LogP contribution in [0, 0.1) is 11.3 Å². The topological polar surface area (TPSA) is 170 Å². The number of aromatic amines is 1. The molecule has 1 aliphatic heterocycles. The molecule has 1 unspecified atom stereocenters. The Morgan fingerprint density at radius 1 is 1.22 bits per heavy atom. The number of carbonyl (C=O) groups is 3. The van der Waals surface area contributed by atoms with Gasteiger partial charge in [-0.25, -0.2) is 24.0 Å². The number of benzene rings is 2. The van der Waals surface area contributed by atoms with E-state index in [4.69, 9.17) is 19.4 Å². The van der Waals surface area contributed by atoms with Crippen LogP contribution in [0.3, 0.4) is 0 Å². The van der Waals surface area contributed by atoms with E-state index in [0.717, 1.165) is 23.8 Å². The first kappa shape index (κ1) is 35.1. The van der Waals surface area contributed by atoms with E-state index in [9.17, 15) is 32.8 Å². The van der Waals surface area contributed by atoms with Crippen LogP contribution in [-0.2, 0) is 36.6 Å². The Morgan fingerprint density at radius 3 is 2.48 bits per heavy atom. The van der Waals surface area contributed by atoms with Crippen LogP contribution in [-0.4, -0.2) is 72.0 Å². The Kier molecular flexibility index (Phi) is 10.8. The summed E-state index contributed by atoms with van der Waals surface area (Å²) in [5.74, 6) is -1.32. The van der Waals surface area contributed by atoms with E-state index < -0.39 is 41.9 Å². The van der Waals surface area contributed by atoms with Crippen molar-refractivity contribution < 1.29 is 46.6 Å². The van der Waals surface area contributed by atoms with E-state index in [1.54, 1.807) is 33.2 Å². The quantitative estimate of drug-likeness (QED) is 0.218. The largest absolute Gasteiger partial charge is 0.554 e. The van der Waals surface area contributed by atoms with Crippen LogP contribution in [0.5, 0.6) is 0 Å². The summed E-state index contributed by atoms with van der Waals surface area (Å²) in [4.78, 5) is 48.5. The molecule has 4 rings (SSSR count). The van der Waals surface area contributed by atoms with Crippen LogP contribution in [0.4, 0.5) is 24.8 Å². The normalized spacial score (nSPS) is 14.4. The molecular weight excluding hydrogens is 613 g/mol. The van der Waals surface area contributed by atoms with Gasteiger partial charge in [-0.05, 0) is 49.7 Å². The van der Waals surface area contributed by atoms with Gasteiger partial charge >= 0.3 is 23.8 Å². The summed E-state index contributed by atoms with van der Waals surface area (Å²) in [7, 11) is 4.72. The molecule has 2 aromatic carbocycles. The number of nitriles is 1. The monoisotopic (exact) mass is 644 g/mol. The van der Waals surface area contributed by atoms with Gasteiger partial charge in [0.1, 0.15) is 12.6 Å². The van der Waals surface area contributed by atoms with Crippen molar-refractivity contribution in [3.63, 3.8) is 0 Å². The smallest absolute Gasteiger partial charge is 0.416 e. The minimum absolute atomic E-state index is 0.00626. The van der Waals surface area contributed by atoms with E-state index >= 15 is 0 Å². The Balaban J connectivity index is 0.00000185. The Labute approximate surface area is 261 Å². The number of likely N-dealkylation sites (N-methyl/N-ethyl adjacent to an activating group) is 1. The van der Waals surface area contributed by atoms with E-state index in [1.807, 2.05) is 0 Å². The van der Waals surface area contributed by atoms with Crippen molar-refractivity contribution in [2.75, 3.05) is 39.3 Å². The predicted octanol–water partition coefficient (Wildman–Crippen LogP) is 2.16. The minimum Gasteiger partial charge on any atom is -0.554 e. The Morgan fingerprint density at radius 2 is 1.89 bits per heavy atom. The molecule has 1 aromatic heterocycles. The Bertz CT molecular complexity index is 1750. The molecule has 1 aliphatic rings. The van der Waals surface area contributed by atoms with E-state index in [2.05, 4.69) is 16.3 Å². The first-order valence-electron chi connectivity index (χ1n) is 13.6. The van der Waals surface area contributed by atoms with Crippen molar-refractivity contribution in [1.82, 2.24) is 14.8 Å². The zero-order valence-electron chi connectivity index (χ0n) is 25.5. The molecule has 0 fully saturated rings. The summed E-state index contributed by atoms with van der Waals surface area (Å²) >= 11 is 0. The van der Waals surface area contributed by atoms with E-state index in [-0.39, 0.29) is 47.1 Å². The Hall–Kier alpha value is -5.43. The van der Waals surface area contributed by atoms with Crippen molar-refractivity contribution >= 4 is 30.0 Å². The van der Waals surface area contributed by atoms with Gasteiger partial charge in [0.05, 0.1) is 50.6 Å². The van der Waals surface area contributed by atoms with Crippen LogP contribution in [0.15, 0.2) is 58.5 Å². The first-order chi connectivity index (χ1) is 21.6. The third kappa shape index (κ3) is 7.44. The van der Waals surface area contributed by atoms with Gasteiger partial charge in [0, 0.05) is 23.4 Å². The number of ether oxygens (including phenoxy) is 2. The number of esters is 2. The van der Waals surface area contributed by atoms with Gasteiger partial charge in [0.25, 0.3) is 0 Å².